The lowest BCUT2D eigenvalue weighted by molar-refractivity contribution is -0.121. The summed E-state index contributed by atoms with van der Waals surface area (Å²) in [6.07, 6.45) is 2.19. The topological polar surface area (TPSA) is 87.2 Å². The van der Waals surface area contributed by atoms with Crippen molar-refractivity contribution in [3.63, 3.8) is 0 Å². The van der Waals surface area contributed by atoms with E-state index < -0.39 is 0 Å². The SMILES string of the molecule is CCCCNc1nnc(S[C@@H](C)C(=O)N2CC(=O)Nc3ccccc32)s1. The number of carbonyl (C=O) groups is 2. The maximum atomic E-state index is 12.9. The fourth-order valence-corrected chi connectivity index (χ4v) is 4.54. The number of hydrogen-bond acceptors (Lipinski definition) is 7. The highest BCUT2D eigenvalue weighted by Gasteiger charge is 2.30. The van der Waals surface area contributed by atoms with Gasteiger partial charge in [-0.05, 0) is 25.5 Å². The van der Waals surface area contributed by atoms with Crippen LogP contribution in [0.1, 0.15) is 26.7 Å². The van der Waals surface area contributed by atoms with Gasteiger partial charge in [0, 0.05) is 6.54 Å². The maximum absolute atomic E-state index is 12.9. The molecule has 0 unspecified atom stereocenters. The van der Waals surface area contributed by atoms with Crippen LogP contribution in [0.5, 0.6) is 0 Å². The Bertz CT molecular complexity index is 795. The van der Waals surface area contributed by atoms with Crippen LogP contribution in [0.2, 0.25) is 0 Å². The van der Waals surface area contributed by atoms with Crippen LogP contribution < -0.4 is 15.5 Å². The molecular formula is C17H21N5O2S2. The molecule has 2 heterocycles. The quantitative estimate of drug-likeness (QED) is 0.557. The van der Waals surface area contributed by atoms with E-state index >= 15 is 0 Å². The average Bonchev–Trinajstić information content (AvgIpc) is 3.07. The van der Waals surface area contributed by atoms with Gasteiger partial charge in [0.1, 0.15) is 6.54 Å². The number of amides is 2. The highest BCUT2D eigenvalue weighted by Crippen LogP contribution is 2.33. The van der Waals surface area contributed by atoms with E-state index in [1.165, 1.54) is 28.0 Å². The van der Waals surface area contributed by atoms with Gasteiger partial charge in [-0.25, -0.2) is 0 Å². The molecule has 1 aromatic heterocycles. The predicted molar refractivity (Wildman–Crippen MR) is 106 cm³/mol. The van der Waals surface area contributed by atoms with Crippen LogP contribution in [0.15, 0.2) is 28.6 Å². The fraction of sp³-hybridized carbons (Fsp3) is 0.412. The lowest BCUT2D eigenvalue weighted by Gasteiger charge is -2.30. The summed E-state index contributed by atoms with van der Waals surface area (Å²) in [6, 6.07) is 7.32. The summed E-state index contributed by atoms with van der Waals surface area (Å²) in [5, 5.41) is 14.7. The molecule has 0 bridgehead atoms. The second-order valence-corrected chi connectivity index (χ2v) is 8.47. The van der Waals surface area contributed by atoms with Gasteiger partial charge in [0.2, 0.25) is 16.9 Å². The van der Waals surface area contributed by atoms with Gasteiger partial charge in [-0.2, -0.15) is 0 Å². The first-order valence-electron chi connectivity index (χ1n) is 8.52. The smallest absolute Gasteiger partial charge is 0.244 e. The van der Waals surface area contributed by atoms with Gasteiger partial charge in [-0.1, -0.05) is 48.6 Å². The van der Waals surface area contributed by atoms with Crippen molar-refractivity contribution in [3.05, 3.63) is 24.3 Å². The van der Waals surface area contributed by atoms with Crippen LogP contribution in [0.3, 0.4) is 0 Å². The lowest BCUT2D eigenvalue weighted by atomic mass is 10.2. The normalized spacial score (nSPS) is 14.5. The summed E-state index contributed by atoms with van der Waals surface area (Å²) in [6.45, 7) is 4.85. The Morgan fingerprint density at radius 2 is 2.23 bits per heavy atom. The third kappa shape index (κ3) is 4.34. The van der Waals surface area contributed by atoms with Crippen molar-refractivity contribution in [2.24, 2.45) is 0 Å². The third-order valence-electron chi connectivity index (χ3n) is 3.88. The third-order valence-corrected chi connectivity index (χ3v) is 5.93. The Labute approximate surface area is 160 Å². The number of rotatable bonds is 7. The first-order chi connectivity index (χ1) is 12.6. The summed E-state index contributed by atoms with van der Waals surface area (Å²) < 4.78 is 0.736. The molecule has 1 atom stereocenters. The molecule has 2 aromatic rings. The molecule has 9 heteroatoms. The van der Waals surface area contributed by atoms with E-state index in [-0.39, 0.29) is 23.6 Å². The highest BCUT2D eigenvalue weighted by molar-refractivity contribution is 8.02. The monoisotopic (exact) mass is 391 g/mol. The largest absolute Gasteiger partial charge is 0.360 e. The number of unbranched alkanes of at least 4 members (excludes halogenated alkanes) is 1. The Hall–Kier alpha value is -2.13. The van der Waals surface area contributed by atoms with Gasteiger partial charge in [0.05, 0.1) is 16.6 Å². The van der Waals surface area contributed by atoms with E-state index in [1.807, 2.05) is 25.1 Å². The second-order valence-electron chi connectivity index (χ2n) is 5.90. The minimum atomic E-state index is -0.370. The van der Waals surface area contributed by atoms with E-state index in [9.17, 15) is 9.59 Å². The van der Waals surface area contributed by atoms with Crippen molar-refractivity contribution in [2.75, 3.05) is 28.6 Å². The minimum absolute atomic E-state index is 0.0285. The molecule has 0 aliphatic carbocycles. The number of anilines is 3. The fourth-order valence-electron chi connectivity index (χ4n) is 2.55. The molecule has 0 spiro atoms. The van der Waals surface area contributed by atoms with E-state index in [4.69, 9.17) is 0 Å². The summed E-state index contributed by atoms with van der Waals surface area (Å²) in [5.41, 5.74) is 1.39. The zero-order valence-electron chi connectivity index (χ0n) is 14.7. The molecule has 1 aliphatic rings. The van der Waals surface area contributed by atoms with Crippen molar-refractivity contribution in [3.8, 4) is 0 Å². The first-order valence-corrected chi connectivity index (χ1v) is 10.2. The van der Waals surface area contributed by atoms with Crippen molar-refractivity contribution in [1.29, 1.82) is 0 Å². The van der Waals surface area contributed by atoms with E-state index in [0.29, 0.717) is 5.69 Å². The van der Waals surface area contributed by atoms with Gasteiger partial charge < -0.3 is 10.6 Å². The number of carbonyl (C=O) groups excluding carboxylic acids is 2. The zero-order valence-corrected chi connectivity index (χ0v) is 16.3. The molecule has 2 N–H and O–H groups in total. The van der Waals surface area contributed by atoms with Crippen molar-refractivity contribution in [2.45, 2.75) is 36.3 Å². The molecule has 0 saturated carbocycles. The van der Waals surface area contributed by atoms with Gasteiger partial charge >= 0.3 is 0 Å². The highest BCUT2D eigenvalue weighted by atomic mass is 32.2. The standard InChI is InChI=1S/C17H21N5O2S2/c1-3-4-9-18-16-20-21-17(26-16)25-11(2)15(24)22-10-14(23)19-12-7-5-6-8-13(12)22/h5-8,11H,3-4,9-10H2,1-2H3,(H,18,20)(H,19,23)/t11-/m0/s1. The van der Waals surface area contributed by atoms with Crippen LogP contribution in [0, 0.1) is 0 Å². The van der Waals surface area contributed by atoms with Crippen LogP contribution in [-0.4, -0.2) is 40.4 Å². The second kappa shape index (κ2) is 8.50. The molecule has 1 aromatic carbocycles. The Kier molecular flexibility index (Phi) is 6.10. The van der Waals surface area contributed by atoms with E-state index in [1.54, 1.807) is 6.07 Å². The summed E-state index contributed by atoms with van der Waals surface area (Å²) in [4.78, 5) is 26.3. The molecule has 1 aliphatic heterocycles. The Balaban J connectivity index is 1.66. The predicted octanol–water partition coefficient (Wildman–Crippen LogP) is 3.22. The van der Waals surface area contributed by atoms with Gasteiger partial charge in [0.15, 0.2) is 4.34 Å². The first kappa shape index (κ1) is 18.7. The van der Waals surface area contributed by atoms with E-state index in [0.717, 1.165) is 34.5 Å². The number of para-hydroxylation sites is 2. The molecule has 2 amide bonds. The number of hydrogen-bond donors (Lipinski definition) is 2. The number of benzene rings is 1. The van der Waals surface area contributed by atoms with Crippen LogP contribution in [-0.2, 0) is 9.59 Å². The van der Waals surface area contributed by atoms with Crippen molar-refractivity contribution >= 4 is 51.4 Å². The zero-order chi connectivity index (χ0) is 18.5. The number of nitrogens with zero attached hydrogens (tertiary/aromatic N) is 3. The molecular weight excluding hydrogens is 370 g/mol. The Morgan fingerprint density at radius 3 is 3.04 bits per heavy atom. The number of aromatic nitrogens is 2. The molecule has 138 valence electrons. The summed E-state index contributed by atoms with van der Waals surface area (Å²) in [7, 11) is 0. The minimum Gasteiger partial charge on any atom is -0.360 e. The van der Waals surface area contributed by atoms with Gasteiger partial charge in [-0.15, -0.1) is 10.2 Å². The van der Waals surface area contributed by atoms with Crippen LogP contribution >= 0.6 is 23.1 Å². The average molecular weight is 392 g/mol. The van der Waals surface area contributed by atoms with Crippen molar-refractivity contribution in [1.82, 2.24) is 10.2 Å². The van der Waals surface area contributed by atoms with Crippen LogP contribution in [0.4, 0.5) is 16.5 Å². The molecule has 26 heavy (non-hydrogen) atoms. The van der Waals surface area contributed by atoms with Gasteiger partial charge in [0.25, 0.3) is 0 Å². The summed E-state index contributed by atoms with van der Waals surface area (Å²) >= 11 is 2.80. The number of thioether (sulfide) groups is 1. The summed E-state index contributed by atoms with van der Waals surface area (Å²) in [5.74, 6) is -0.305. The molecule has 0 radical (unpaired) electrons. The molecule has 0 fully saturated rings. The molecule has 0 saturated heterocycles. The van der Waals surface area contributed by atoms with Crippen molar-refractivity contribution < 1.29 is 9.59 Å². The number of nitrogens with one attached hydrogen (secondary N) is 2. The molecule has 7 nitrogen and oxygen atoms in total. The maximum Gasteiger partial charge on any atom is 0.244 e. The van der Waals surface area contributed by atoms with E-state index in [2.05, 4.69) is 27.8 Å². The van der Waals surface area contributed by atoms with Crippen LogP contribution in [0.25, 0.3) is 0 Å². The Morgan fingerprint density at radius 1 is 1.42 bits per heavy atom. The molecule has 3 rings (SSSR count). The lowest BCUT2D eigenvalue weighted by Crippen LogP contribution is -2.45. The number of fused-ring (bicyclic) bond motifs is 1. The van der Waals surface area contributed by atoms with Gasteiger partial charge in [-0.3, -0.25) is 14.5 Å².